The Hall–Kier alpha value is -2.62. The minimum absolute atomic E-state index is 0.294. The van der Waals surface area contributed by atoms with E-state index in [1.165, 1.54) is 12.1 Å². The molecule has 0 aliphatic carbocycles. The first-order valence-corrected chi connectivity index (χ1v) is 7.06. The van der Waals surface area contributed by atoms with Gasteiger partial charge in [0.05, 0.1) is 7.11 Å². The van der Waals surface area contributed by atoms with Crippen molar-refractivity contribution >= 4 is 16.6 Å². The Balaban J connectivity index is 2.42. The summed E-state index contributed by atoms with van der Waals surface area (Å²) >= 11 is 0. The van der Waals surface area contributed by atoms with Crippen LogP contribution in [0.5, 0.6) is 5.75 Å². The van der Waals surface area contributed by atoms with Crippen molar-refractivity contribution in [2.45, 2.75) is 6.92 Å². The number of ether oxygens (including phenoxy) is 1. The minimum atomic E-state index is -0.294. The molecule has 1 heterocycles. The molecule has 1 aromatic heterocycles. The summed E-state index contributed by atoms with van der Waals surface area (Å²) < 4.78 is 19.2. The lowest BCUT2D eigenvalue weighted by atomic mass is 9.96. The highest BCUT2D eigenvalue weighted by Gasteiger charge is 2.16. The average Bonchev–Trinajstić information content (AvgIpc) is 2.54. The molecule has 1 N–H and O–H groups in total. The summed E-state index contributed by atoms with van der Waals surface area (Å²) in [6, 6.07) is 12.5. The summed E-state index contributed by atoms with van der Waals surface area (Å²) in [5.41, 5.74) is 2.43. The van der Waals surface area contributed by atoms with E-state index < -0.39 is 0 Å². The van der Waals surface area contributed by atoms with Crippen LogP contribution in [0.1, 0.15) is 5.69 Å². The highest BCUT2D eigenvalue weighted by atomic mass is 19.1. The Kier molecular flexibility index (Phi) is 3.67. The van der Waals surface area contributed by atoms with E-state index in [1.54, 1.807) is 13.2 Å². The van der Waals surface area contributed by atoms with E-state index in [2.05, 4.69) is 10.3 Å². The zero-order valence-corrected chi connectivity index (χ0v) is 12.8. The SMILES string of the molecule is CNc1nc(C)c(-c2cc(F)ccc2OC)c2ccccc12. The molecule has 0 amide bonds. The molecule has 0 unspecified atom stereocenters. The Bertz CT molecular complexity index is 846. The van der Waals surface area contributed by atoms with Crippen molar-refractivity contribution in [3.8, 4) is 16.9 Å². The Labute approximate surface area is 128 Å². The van der Waals surface area contributed by atoms with Gasteiger partial charge in [-0.2, -0.15) is 0 Å². The number of fused-ring (bicyclic) bond motifs is 1. The summed E-state index contributed by atoms with van der Waals surface area (Å²) in [5, 5.41) is 5.13. The fourth-order valence-electron chi connectivity index (χ4n) is 2.79. The maximum absolute atomic E-state index is 13.8. The molecule has 0 aliphatic heterocycles. The van der Waals surface area contributed by atoms with E-state index in [1.807, 2.05) is 38.2 Å². The standard InChI is InChI=1S/C18H17FN2O/c1-11-17(15-10-12(19)8-9-16(15)22-3)13-6-4-5-7-14(13)18(20-2)21-11/h4-10H,1-3H3,(H,20,21). The van der Waals surface area contributed by atoms with Crippen molar-refractivity contribution in [2.75, 3.05) is 19.5 Å². The minimum Gasteiger partial charge on any atom is -0.496 e. The van der Waals surface area contributed by atoms with Crippen LogP contribution in [0.25, 0.3) is 21.9 Å². The maximum atomic E-state index is 13.8. The van der Waals surface area contributed by atoms with Gasteiger partial charge in [0.25, 0.3) is 0 Å². The molecule has 0 spiro atoms. The molecule has 3 nitrogen and oxygen atoms in total. The lowest BCUT2D eigenvalue weighted by Gasteiger charge is -2.16. The van der Waals surface area contributed by atoms with Crippen LogP contribution in [0.15, 0.2) is 42.5 Å². The Morgan fingerprint density at radius 1 is 1.09 bits per heavy atom. The molecule has 3 rings (SSSR count). The van der Waals surface area contributed by atoms with Crippen LogP contribution in [0.4, 0.5) is 10.2 Å². The highest BCUT2D eigenvalue weighted by molar-refractivity contribution is 6.03. The van der Waals surface area contributed by atoms with Crippen LogP contribution in [0, 0.1) is 12.7 Å². The summed E-state index contributed by atoms with van der Waals surface area (Å²) in [4.78, 5) is 4.61. The second-order valence-corrected chi connectivity index (χ2v) is 5.06. The van der Waals surface area contributed by atoms with Crippen LogP contribution >= 0.6 is 0 Å². The molecule has 112 valence electrons. The van der Waals surface area contributed by atoms with Crippen molar-refractivity contribution in [1.82, 2.24) is 4.98 Å². The molecule has 0 saturated heterocycles. The molecule has 22 heavy (non-hydrogen) atoms. The molecule has 0 atom stereocenters. The molecule has 3 aromatic rings. The van der Waals surface area contributed by atoms with Gasteiger partial charge in [0.2, 0.25) is 0 Å². The smallest absolute Gasteiger partial charge is 0.133 e. The monoisotopic (exact) mass is 296 g/mol. The number of rotatable bonds is 3. The molecule has 0 bridgehead atoms. The van der Waals surface area contributed by atoms with Gasteiger partial charge in [0, 0.05) is 29.3 Å². The van der Waals surface area contributed by atoms with E-state index in [0.717, 1.165) is 27.8 Å². The van der Waals surface area contributed by atoms with Gasteiger partial charge in [-0.05, 0) is 30.5 Å². The summed E-state index contributed by atoms with van der Waals surface area (Å²) in [6.07, 6.45) is 0. The van der Waals surface area contributed by atoms with E-state index in [-0.39, 0.29) is 5.82 Å². The number of benzene rings is 2. The number of aryl methyl sites for hydroxylation is 1. The van der Waals surface area contributed by atoms with E-state index in [9.17, 15) is 4.39 Å². The number of halogens is 1. The van der Waals surface area contributed by atoms with Crippen LogP contribution in [0.3, 0.4) is 0 Å². The number of methoxy groups -OCH3 is 1. The molecule has 0 saturated carbocycles. The largest absolute Gasteiger partial charge is 0.496 e. The number of hydrogen-bond acceptors (Lipinski definition) is 3. The third kappa shape index (κ3) is 2.26. The van der Waals surface area contributed by atoms with Crippen LogP contribution in [-0.4, -0.2) is 19.1 Å². The first-order chi connectivity index (χ1) is 10.7. The van der Waals surface area contributed by atoms with Gasteiger partial charge in [-0.25, -0.2) is 9.37 Å². The van der Waals surface area contributed by atoms with Gasteiger partial charge in [-0.15, -0.1) is 0 Å². The average molecular weight is 296 g/mol. The van der Waals surface area contributed by atoms with Gasteiger partial charge in [-0.1, -0.05) is 24.3 Å². The van der Waals surface area contributed by atoms with Crippen molar-refractivity contribution in [3.05, 3.63) is 54.0 Å². The van der Waals surface area contributed by atoms with Crippen LogP contribution < -0.4 is 10.1 Å². The van der Waals surface area contributed by atoms with Crippen molar-refractivity contribution < 1.29 is 9.13 Å². The van der Waals surface area contributed by atoms with Crippen molar-refractivity contribution in [3.63, 3.8) is 0 Å². The molecular weight excluding hydrogens is 279 g/mol. The van der Waals surface area contributed by atoms with Gasteiger partial charge in [-0.3, -0.25) is 0 Å². The molecule has 0 aliphatic rings. The predicted octanol–water partition coefficient (Wildman–Crippen LogP) is 4.40. The number of pyridine rings is 1. The fraction of sp³-hybridized carbons (Fsp3) is 0.167. The normalized spacial score (nSPS) is 10.7. The number of nitrogens with one attached hydrogen (secondary N) is 1. The van der Waals surface area contributed by atoms with Crippen molar-refractivity contribution in [2.24, 2.45) is 0 Å². The predicted molar refractivity (Wildman–Crippen MR) is 88.0 cm³/mol. The number of anilines is 1. The molecule has 0 fully saturated rings. The van der Waals surface area contributed by atoms with E-state index >= 15 is 0 Å². The zero-order chi connectivity index (χ0) is 15.7. The summed E-state index contributed by atoms with van der Waals surface area (Å²) in [7, 11) is 3.43. The first kappa shape index (κ1) is 14.3. The van der Waals surface area contributed by atoms with Crippen LogP contribution in [-0.2, 0) is 0 Å². The second kappa shape index (κ2) is 5.64. The molecule has 2 aromatic carbocycles. The lowest BCUT2D eigenvalue weighted by molar-refractivity contribution is 0.415. The highest BCUT2D eigenvalue weighted by Crippen LogP contribution is 2.39. The number of aromatic nitrogens is 1. The van der Waals surface area contributed by atoms with Gasteiger partial charge in [0.1, 0.15) is 17.4 Å². The first-order valence-electron chi connectivity index (χ1n) is 7.06. The van der Waals surface area contributed by atoms with Gasteiger partial charge >= 0.3 is 0 Å². The third-order valence-corrected chi connectivity index (χ3v) is 3.76. The summed E-state index contributed by atoms with van der Waals surface area (Å²) in [5.74, 6) is 1.15. The molecule has 0 radical (unpaired) electrons. The third-order valence-electron chi connectivity index (χ3n) is 3.76. The second-order valence-electron chi connectivity index (χ2n) is 5.06. The topological polar surface area (TPSA) is 34.2 Å². The van der Waals surface area contributed by atoms with Crippen LogP contribution in [0.2, 0.25) is 0 Å². The fourth-order valence-corrected chi connectivity index (χ4v) is 2.79. The summed E-state index contributed by atoms with van der Waals surface area (Å²) in [6.45, 7) is 1.92. The quantitative estimate of drug-likeness (QED) is 0.778. The Morgan fingerprint density at radius 3 is 2.50 bits per heavy atom. The van der Waals surface area contributed by atoms with E-state index in [4.69, 9.17) is 4.74 Å². The van der Waals surface area contributed by atoms with Crippen molar-refractivity contribution in [1.29, 1.82) is 0 Å². The van der Waals surface area contributed by atoms with E-state index in [0.29, 0.717) is 11.3 Å². The Morgan fingerprint density at radius 2 is 1.82 bits per heavy atom. The maximum Gasteiger partial charge on any atom is 0.133 e. The van der Waals surface area contributed by atoms with Gasteiger partial charge < -0.3 is 10.1 Å². The van der Waals surface area contributed by atoms with Gasteiger partial charge in [0.15, 0.2) is 0 Å². The lowest BCUT2D eigenvalue weighted by Crippen LogP contribution is -2.00. The molecular formula is C18H17FN2O. The zero-order valence-electron chi connectivity index (χ0n) is 12.8. The number of hydrogen-bond donors (Lipinski definition) is 1. The molecule has 4 heteroatoms. The number of nitrogens with zero attached hydrogens (tertiary/aromatic N) is 1.